The summed E-state index contributed by atoms with van der Waals surface area (Å²) >= 11 is 0. The molecule has 0 spiro atoms. The summed E-state index contributed by atoms with van der Waals surface area (Å²) in [5.41, 5.74) is 9.78. The molecule has 1 atom stereocenters. The van der Waals surface area contributed by atoms with Crippen LogP contribution in [0.5, 0.6) is 0 Å². The van der Waals surface area contributed by atoms with Gasteiger partial charge in [0.05, 0.1) is 19.3 Å². The second kappa shape index (κ2) is 2.80. The van der Waals surface area contributed by atoms with E-state index < -0.39 is 0 Å². The zero-order valence-corrected chi connectivity index (χ0v) is 7.56. The average molecular weight is 190 g/mol. The lowest BCUT2D eigenvalue weighted by molar-refractivity contribution is 0.0933. The smallest absolute Gasteiger partial charge is 0.181 e. The number of hydrogen-bond donors (Lipinski definition) is 1. The van der Waals surface area contributed by atoms with E-state index >= 15 is 0 Å². The van der Waals surface area contributed by atoms with Crippen LogP contribution in [-0.2, 0) is 11.3 Å². The van der Waals surface area contributed by atoms with E-state index in [1.807, 2.05) is 12.1 Å². The van der Waals surface area contributed by atoms with E-state index in [0.717, 1.165) is 22.2 Å². The van der Waals surface area contributed by atoms with Crippen molar-refractivity contribution in [3.05, 3.63) is 29.7 Å². The third-order valence-electron chi connectivity index (χ3n) is 2.59. The fourth-order valence-electron chi connectivity index (χ4n) is 1.88. The van der Waals surface area contributed by atoms with Gasteiger partial charge in [-0.3, -0.25) is 0 Å². The van der Waals surface area contributed by atoms with Crippen molar-refractivity contribution in [3.63, 3.8) is 0 Å². The molecule has 1 unspecified atom stereocenters. The number of benzene rings is 1. The quantitative estimate of drug-likeness (QED) is 0.681. The van der Waals surface area contributed by atoms with Crippen LogP contribution in [0.4, 0.5) is 0 Å². The Hall–Kier alpha value is -1.39. The van der Waals surface area contributed by atoms with Gasteiger partial charge in [0.1, 0.15) is 5.52 Å². The SMILES string of the molecule is NC1COCc2c1ccc1ocnc21. The highest BCUT2D eigenvalue weighted by Crippen LogP contribution is 2.29. The molecule has 0 fully saturated rings. The van der Waals surface area contributed by atoms with Crippen molar-refractivity contribution in [2.75, 3.05) is 6.61 Å². The molecule has 14 heavy (non-hydrogen) atoms. The minimum absolute atomic E-state index is 0.0418. The lowest BCUT2D eigenvalue weighted by Gasteiger charge is -2.22. The van der Waals surface area contributed by atoms with Crippen LogP contribution in [0.25, 0.3) is 11.1 Å². The molecule has 0 bridgehead atoms. The zero-order chi connectivity index (χ0) is 9.54. The molecule has 0 radical (unpaired) electrons. The number of nitrogens with two attached hydrogens (primary N) is 1. The molecule has 3 rings (SSSR count). The predicted octanol–water partition coefficient (Wildman–Crippen LogP) is 1.36. The van der Waals surface area contributed by atoms with Crippen molar-refractivity contribution in [2.24, 2.45) is 5.73 Å². The van der Waals surface area contributed by atoms with Crippen molar-refractivity contribution in [3.8, 4) is 0 Å². The van der Waals surface area contributed by atoms with Gasteiger partial charge in [-0.1, -0.05) is 6.07 Å². The van der Waals surface area contributed by atoms with Crippen molar-refractivity contribution in [1.29, 1.82) is 0 Å². The Kier molecular flexibility index (Phi) is 1.59. The number of oxazole rings is 1. The first-order valence-corrected chi connectivity index (χ1v) is 4.54. The Labute approximate surface area is 80.7 Å². The van der Waals surface area contributed by atoms with E-state index in [1.165, 1.54) is 6.39 Å². The van der Waals surface area contributed by atoms with E-state index in [-0.39, 0.29) is 6.04 Å². The first-order chi connectivity index (χ1) is 6.86. The topological polar surface area (TPSA) is 61.3 Å². The maximum Gasteiger partial charge on any atom is 0.181 e. The van der Waals surface area contributed by atoms with E-state index in [1.54, 1.807) is 0 Å². The number of rotatable bonds is 0. The minimum Gasteiger partial charge on any atom is -0.443 e. The molecule has 1 aliphatic rings. The van der Waals surface area contributed by atoms with E-state index in [4.69, 9.17) is 14.9 Å². The fraction of sp³-hybridized carbons (Fsp3) is 0.300. The van der Waals surface area contributed by atoms with Crippen LogP contribution in [0.3, 0.4) is 0 Å². The summed E-state index contributed by atoms with van der Waals surface area (Å²) < 4.78 is 10.6. The standard InChI is InChI=1S/C10H10N2O2/c11-8-4-13-3-7-6(8)1-2-9-10(7)12-5-14-9/h1-2,5,8H,3-4,11H2. The van der Waals surface area contributed by atoms with Crippen LogP contribution < -0.4 is 5.73 Å². The molecule has 1 aromatic heterocycles. The summed E-state index contributed by atoms with van der Waals surface area (Å²) in [5, 5.41) is 0. The highest BCUT2D eigenvalue weighted by atomic mass is 16.5. The number of fused-ring (bicyclic) bond motifs is 3. The minimum atomic E-state index is -0.0418. The van der Waals surface area contributed by atoms with Crippen LogP contribution in [0.1, 0.15) is 17.2 Å². The molecule has 1 aliphatic heterocycles. The van der Waals surface area contributed by atoms with Gasteiger partial charge in [0.25, 0.3) is 0 Å². The van der Waals surface area contributed by atoms with Crippen LogP contribution in [0.2, 0.25) is 0 Å². The highest BCUT2D eigenvalue weighted by molar-refractivity contribution is 5.78. The molecule has 72 valence electrons. The molecule has 2 N–H and O–H groups in total. The Bertz CT molecular complexity index is 478. The van der Waals surface area contributed by atoms with E-state index in [0.29, 0.717) is 13.2 Å². The number of hydrogen-bond acceptors (Lipinski definition) is 4. The first-order valence-electron chi connectivity index (χ1n) is 4.54. The molecule has 0 aliphatic carbocycles. The van der Waals surface area contributed by atoms with Crippen molar-refractivity contribution in [1.82, 2.24) is 4.98 Å². The third-order valence-corrected chi connectivity index (χ3v) is 2.59. The summed E-state index contributed by atoms with van der Waals surface area (Å²) in [7, 11) is 0. The first kappa shape index (κ1) is 7.96. The molecule has 0 amide bonds. The molecular weight excluding hydrogens is 180 g/mol. The molecule has 2 aromatic rings. The van der Waals surface area contributed by atoms with Gasteiger partial charge in [0, 0.05) is 5.56 Å². The lowest BCUT2D eigenvalue weighted by atomic mass is 9.98. The van der Waals surface area contributed by atoms with Gasteiger partial charge < -0.3 is 14.9 Å². The molecule has 2 heterocycles. The van der Waals surface area contributed by atoms with Crippen LogP contribution >= 0.6 is 0 Å². The van der Waals surface area contributed by atoms with Crippen molar-refractivity contribution >= 4 is 11.1 Å². The summed E-state index contributed by atoms with van der Waals surface area (Å²) in [6, 6.07) is 3.86. The maximum atomic E-state index is 5.92. The number of nitrogens with zero attached hydrogens (tertiary/aromatic N) is 1. The van der Waals surface area contributed by atoms with Crippen LogP contribution in [-0.4, -0.2) is 11.6 Å². The average Bonchev–Trinajstić information content (AvgIpc) is 2.66. The highest BCUT2D eigenvalue weighted by Gasteiger charge is 2.20. The molecular formula is C10H10N2O2. The normalized spacial score (nSPS) is 21.1. The van der Waals surface area contributed by atoms with Gasteiger partial charge in [-0.05, 0) is 11.6 Å². The van der Waals surface area contributed by atoms with Crippen LogP contribution in [0.15, 0.2) is 22.9 Å². The van der Waals surface area contributed by atoms with E-state index in [2.05, 4.69) is 4.98 Å². The Morgan fingerprint density at radius 1 is 1.43 bits per heavy atom. The third kappa shape index (κ3) is 0.981. The monoisotopic (exact) mass is 190 g/mol. The molecule has 4 nitrogen and oxygen atoms in total. The van der Waals surface area contributed by atoms with Crippen molar-refractivity contribution in [2.45, 2.75) is 12.6 Å². The van der Waals surface area contributed by atoms with Gasteiger partial charge in [0.2, 0.25) is 0 Å². The molecule has 0 saturated heterocycles. The maximum absolute atomic E-state index is 5.92. The molecule has 0 saturated carbocycles. The lowest BCUT2D eigenvalue weighted by Crippen LogP contribution is -2.23. The Morgan fingerprint density at radius 3 is 3.29 bits per heavy atom. The Balaban J connectivity index is 2.32. The summed E-state index contributed by atoms with van der Waals surface area (Å²) in [6.07, 6.45) is 1.45. The fourth-order valence-corrected chi connectivity index (χ4v) is 1.88. The molecule has 4 heteroatoms. The predicted molar refractivity (Wildman–Crippen MR) is 50.6 cm³/mol. The second-order valence-corrected chi connectivity index (χ2v) is 3.45. The van der Waals surface area contributed by atoms with Crippen molar-refractivity contribution < 1.29 is 9.15 Å². The number of ether oxygens (including phenoxy) is 1. The summed E-state index contributed by atoms with van der Waals surface area (Å²) in [4.78, 5) is 4.16. The summed E-state index contributed by atoms with van der Waals surface area (Å²) in [6.45, 7) is 1.16. The van der Waals surface area contributed by atoms with Gasteiger partial charge in [-0.2, -0.15) is 0 Å². The largest absolute Gasteiger partial charge is 0.443 e. The summed E-state index contributed by atoms with van der Waals surface area (Å²) in [5.74, 6) is 0. The van der Waals surface area contributed by atoms with Gasteiger partial charge in [0.15, 0.2) is 12.0 Å². The van der Waals surface area contributed by atoms with Gasteiger partial charge >= 0.3 is 0 Å². The Morgan fingerprint density at radius 2 is 2.36 bits per heavy atom. The molecule has 1 aromatic carbocycles. The van der Waals surface area contributed by atoms with E-state index in [9.17, 15) is 0 Å². The van der Waals surface area contributed by atoms with Gasteiger partial charge in [-0.25, -0.2) is 4.98 Å². The number of aromatic nitrogens is 1. The second-order valence-electron chi connectivity index (χ2n) is 3.45. The zero-order valence-electron chi connectivity index (χ0n) is 7.56. The van der Waals surface area contributed by atoms with Gasteiger partial charge in [-0.15, -0.1) is 0 Å². The van der Waals surface area contributed by atoms with Crippen LogP contribution in [0, 0.1) is 0 Å².